The van der Waals surface area contributed by atoms with Gasteiger partial charge in [0.15, 0.2) is 0 Å². The Bertz CT molecular complexity index is 404. The second-order valence-electron chi connectivity index (χ2n) is 5.79. The minimum absolute atomic E-state index is 0.418. The second kappa shape index (κ2) is 2.99. The largest absolute Gasteiger partial charge is 0.472 e. The number of furan rings is 1. The van der Waals surface area contributed by atoms with Gasteiger partial charge in [-0.05, 0) is 54.6 Å². The summed E-state index contributed by atoms with van der Waals surface area (Å²) in [6.45, 7) is 0. The fourth-order valence-electron chi connectivity index (χ4n) is 4.47. The first-order chi connectivity index (χ1) is 7.84. The van der Waals surface area contributed by atoms with Crippen molar-refractivity contribution in [3.05, 3.63) is 24.2 Å². The van der Waals surface area contributed by atoms with E-state index in [9.17, 15) is 4.79 Å². The molecular formula is C14H16O2. The van der Waals surface area contributed by atoms with Gasteiger partial charge in [0.2, 0.25) is 0 Å². The molecule has 84 valence electrons. The van der Waals surface area contributed by atoms with E-state index < -0.39 is 0 Å². The normalized spacial score (nSPS) is 43.4. The summed E-state index contributed by atoms with van der Waals surface area (Å²) < 4.78 is 5.01. The van der Waals surface area contributed by atoms with Crippen LogP contribution in [0.4, 0.5) is 0 Å². The molecule has 2 nitrogen and oxygen atoms in total. The lowest BCUT2D eigenvalue weighted by molar-refractivity contribution is -0.120. The number of hydrogen-bond acceptors (Lipinski definition) is 2. The van der Waals surface area contributed by atoms with Gasteiger partial charge in [-0.15, -0.1) is 0 Å². The Balaban J connectivity index is 1.47. The molecule has 3 fully saturated rings. The maximum absolute atomic E-state index is 12.2. The molecule has 4 rings (SSSR count). The predicted octanol–water partition coefficient (Wildman–Crippen LogP) is 2.68. The summed E-state index contributed by atoms with van der Waals surface area (Å²) in [7, 11) is 0. The van der Waals surface area contributed by atoms with Crippen molar-refractivity contribution >= 4 is 5.78 Å². The third-order valence-electron chi connectivity index (χ3n) is 5.07. The van der Waals surface area contributed by atoms with Gasteiger partial charge in [0.1, 0.15) is 5.78 Å². The van der Waals surface area contributed by atoms with E-state index in [4.69, 9.17) is 4.42 Å². The number of carbonyl (C=O) groups is 1. The first kappa shape index (κ1) is 9.03. The van der Waals surface area contributed by atoms with Gasteiger partial charge in [-0.2, -0.15) is 0 Å². The highest BCUT2D eigenvalue weighted by molar-refractivity contribution is 5.86. The van der Waals surface area contributed by atoms with Crippen molar-refractivity contribution in [1.82, 2.24) is 0 Å². The fourth-order valence-corrected chi connectivity index (χ4v) is 4.47. The van der Waals surface area contributed by atoms with Crippen LogP contribution in [0.25, 0.3) is 0 Å². The van der Waals surface area contributed by atoms with Crippen LogP contribution in [0.1, 0.15) is 24.8 Å². The van der Waals surface area contributed by atoms with Crippen LogP contribution in [0.5, 0.6) is 0 Å². The average molecular weight is 216 g/mol. The summed E-state index contributed by atoms with van der Waals surface area (Å²) in [6.07, 6.45) is 8.14. The lowest BCUT2D eigenvalue weighted by Crippen LogP contribution is -2.11. The SMILES string of the molecule is O=C(Cc1ccoc1)C1C2C3CCC(C3)C12. The Morgan fingerprint density at radius 3 is 2.69 bits per heavy atom. The predicted molar refractivity (Wildman–Crippen MR) is 58.7 cm³/mol. The summed E-state index contributed by atoms with van der Waals surface area (Å²) in [4.78, 5) is 12.2. The number of Topliss-reactive ketones (excluding diaryl/α,β-unsaturated/α-hetero) is 1. The summed E-state index contributed by atoms with van der Waals surface area (Å²) >= 11 is 0. The molecule has 0 radical (unpaired) electrons. The number of fused-ring (bicyclic) bond motifs is 5. The molecular weight excluding hydrogens is 200 g/mol. The molecule has 2 bridgehead atoms. The van der Waals surface area contributed by atoms with E-state index >= 15 is 0 Å². The smallest absolute Gasteiger partial charge is 0.141 e. The van der Waals surface area contributed by atoms with Crippen molar-refractivity contribution in [2.24, 2.45) is 29.6 Å². The summed E-state index contributed by atoms with van der Waals surface area (Å²) in [5.74, 6) is 4.23. The topological polar surface area (TPSA) is 30.2 Å². The van der Waals surface area contributed by atoms with Gasteiger partial charge in [-0.25, -0.2) is 0 Å². The summed E-state index contributed by atoms with van der Waals surface area (Å²) in [5.41, 5.74) is 1.04. The van der Waals surface area contributed by atoms with E-state index in [2.05, 4.69) is 0 Å². The van der Waals surface area contributed by atoms with Crippen LogP contribution in [0, 0.1) is 29.6 Å². The standard InChI is InChI=1S/C14H16O2/c15-11(5-8-3-4-16-7-8)14-12-9-1-2-10(6-9)13(12)14/h3-4,7,9-10,12-14H,1-2,5-6H2. The highest BCUT2D eigenvalue weighted by Crippen LogP contribution is 2.69. The monoisotopic (exact) mass is 216 g/mol. The molecule has 0 aliphatic heterocycles. The van der Waals surface area contributed by atoms with Crippen LogP contribution < -0.4 is 0 Å². The third-order valence-corrected chi connectivity index (χ3v) is 5.07. The van der Waals surface area contributed by atoms with Crippen LogP contribution >= 0.6 is 0 Å². The zero-order valence-corrected chi connectivity index (χ0v) is 9.26. The minimum atomic E-state index is 0.418. The first-order valence-electron chi connectivity index (χ1n) is 6.38. The van der Waals surface area contributed by atoms with E-state index in [0.29, 0.717) is 18.1 Å². The zero-order chi connectivity index (χ0) is 10.7. The molecule has 4 atom stereocenters. The van der Waals surface area contributed by atoms with Crippen molar-refractivity contribution in [3.8, 4) is 0 Å². The number of hydrogen-bond donors (Lipinski definition) is 0. The number of rotatable bonds is 3. The van der Waals surface area contributed by atoms with Gasteiger partial charge < -0.3 is 4.42 Å². The van der Waals surface area contributed by atoms with E-state index in [1.807, 2.05) is 6.07 Å². The summed E-state index contributed by atoms with van der Waals surface area (Å²) in [6, 6.07) is 1.91. The molecule has 1 aromatic rings. The highest BCUT2D eigenvalue weighted by atomic mass is 16.3. The maximum atomic E-state index is 12.2. The van der Waals surface area contributed by atoms with Crippen molar-refractivity contribution < 1.29 is 9.21 Å². The quantitative estimate of drug-likeness (QED) is 0.777. The van der Waals surface area contributed by atoms with Crippen LogP contribution in [0.3, 0.4) is 0 Å². The van der Waals surface area contributed by atoms with Crippen LogP contribution in [0.15, 0.2) is 23.0 Å². The van der Waals surface area contributed by atoms with Gasteiger partial charge in [0.25, 0.3) is 0 Å². The lowest BCUT2D eigenvalue weighted by atomic mass is 9.97. The van der Waals surface area contributed by atoms with Crippen molar-refractivity contribution in [2.45, 2.75) is 25.7 Å². The number of carbonyl (C=O) groups excluding carboxylic acids is 1. The molecule has 0 amide bonds. The molecule has 1 heterocycles. The van der Waals surface area contributed by atoms with E-state index in [-0.39, 0.29) is 0 Å². The van der Waals surface area contributed by atoms with Crippen LogP contribution in [-0.2, 0) is 11.2 Å². The minimum Gasteiger partial charge on any atom is -0.472 e. The summed E-state index contributed by atoms with van der Waals surface area (Å²) in [5, 5.41) is 0. The van der Waals surface area contributed by atoms with Crippen LogP contribution in [-0.4, -0.2) is 5.78 Å². The Hall–Kier alpha value is -1.05. The average Bonchev–Trinajstić information content (AvgIpc) is 2.73. The lowest BCUT2D eigenvalue weighted by Gasteiger charge is -2.06. The number of ketones is 1. The molecule has 3 aliphatic rings. The van der Waals surface area contributed by atoms with Gasteiger partial charge >= 0.3 is 0 Å². The van der Waals surface area contributed by atoms with Crippen molar-refractivity contribution in [3.63, 3.8) is 0 Å². The Morgan fingerprint density at radius 2 is 2.06 bits per heavy atom. The zero-order valence-electron chi connectivity index (χ0n) is 9.26. The van der Waals surface area contributed by atoms with E-state index in [1.54, 1.807) is 12.5 Å². The molecule has 0 aromatic carbocycles. The molecule has 0 spiro atoms. The first-order valence-corrected chi connectivity index (χ1v) is 6.38. The van der Waals surface area contributed by atoms with E-state index in [1.165, 1.54) is 19.3 Å². The molecule has 1 aromatic heterocycles. The third kappa shape index (κ3) is 1.10. The molecule has 4 unspecified atom stereocenters. The Morgan fingerprint density at radius 1 is 1.31 bits per heavy atom. The van der Waals surface area contributed by atoms with Gasteiger partial charge in [0.05, 0.1) is 12.5 Å². The molecule has 3 saturated carbocycles. The molecule has 16 heavy (non-hydrogen) atoms. The van der Waals surface area contributed by atoms with E-state index in [0.717, 1.165) is 29.2 Å². The molecule has 3 aliphatic carbocycles. The van der Waals surface area contributed by atoms with Gasteiger partial charge in [-0.3, -0.25) is 4.79 Å². The highest BCUT2D eigenvalue weighted by Gasteiger charge is 2.66. The van der Waals surface area contributed by atoms with Crippen LogP contribution in [0.2, 0.25) is 0 Å². The molecule has 0 N–H and O–H groups in total. The van der Waals surface area contributed by atoms with Crippen molar-refractivity contribution in [2.75, 3.05) is 0 Å². The Kier molecular flexibility index (Phi) is 1.69. The second-order valence-corrected chi connectivity index (χ2v) is 5.79. The maximum Gasteiger partial charge on any atom is 0.141 e. The van der Waals surface area contributed by atoms with Gasteiger partial charge in [0, 0.05) is 12.3 Å². The molecule has 0 saturated heterocycles. The van der Waals surface area contributed by atoms with Crippen molar-refractivity contribution in [1.29, 1.82) is 0 Å². The fraction of sp³-hybridized carbons (Fsp3) is 0.643. The molecule has 2 heteroatoms. The van der Waals surface area contributed by atoms with Gasteiger partial charge in [-0.1, -0.05) is 0 Å². The Labute approximate surface area is 95.0 Å².